The van der Waals surface area contributed by atoms with E-state index in [1.54, 1.807) is 18.2 Å². The van der Waals surface area contributed by atoms with Crippen LogP contribution in [-0.4, -0.2) is 27.7 Å². The van der Waals surface area contributed by atoms with E-state index < -0.39 is 11.9 Å². The van der Waals surface area contributed by atoms with Crippen LogP contribution in [-0.2, 0) is 4.79 Å². The molecule has 0 aliphatic rings. The van der Waals surface area contributed by atoms with Crippen LogP contribution in [0.15, 0.2) is 36.5 Å². The maximum absolute atomic E-state index is 13.0. The van der Waals surface area contributed by atoms with Crippen LogP contribution in [0.5, 0.6) is 0 Å². The van der Waals surface area contributed by atoms with E-state index in [-0.39, 0.29) is 18.9 Å². The molecule has 1 aromatic carbocycles. The second-order valence-electron chi connectivity index (χ2n) is 4.39. The summed E-state index contributed by atoms with van der Waals surface area (Å²) >= 11 is 0. The summed E-state index contributed by atoms with van der Waals surface area (Å²) in [5, 5.41) is 11.8. The van der Waals surface area contributed by atoms with Crippen molar-refractivity contribution >= 4 is 11.9 Å². The number of hydrogen-bond acceptors (Lipinski definition) is 5. The number of nitrogens with two attached hydrogens (primary N) is 1. The lowest BCUT2D eigenvalue weighted by molar-refractivity contribution is -0.137. The first-order chi connectivity index (χ1) is 10.1. The normalized spacial score (nSPS) is 11.9. The second kappa shape index (κ2) is 6.76. The highest BCUT2D eigenvalue weighted by Crippen LogP contribution is 2.27. The zero-order valence-electron chi connectivity index (χ0n) is 11.2. The predicted octanol–water partition coefficient (Wildman–Crippen LogP) is 1.55. The molecular weight excluding hydrogens is 275 g/mol. The topological polar surface area (TPSA) is 101 Å². The van der Waals surface area contributed by atoms with Crippen molar-refractivity contribution in [2.45, 2.75) is 12.3 Å². The van der Waals surface area contributed by atoms with Gasteiger partial charge in [-0.15, -0.1) is 0 Å². The Hall–Kier alpha value is -2.54. The maximum Gasteiger partial charge on any atom is 0.304 e. The monoisotopic (exact) mass is 290 g/mol. The van der Waals surface area contributed by atoms with Gasteiger partial charge in [0.1, 0.15) is 5.82 Å². The van der Waals surface area contributed by atoms with Gasteiger partial charge in [-0.3, -0.25) is 4.79 Å². The third kappa shape index (κ3) is 3.96. The van der Waals surface area contributed by atoms with Gasteiger partial charge in [0, 0.05) is 12.1 Å². The summed E-state index contributed by atoms with van der Waals surface area (Å²) in [6.45, 7) is 0.170. The van der Waals surface area contributed by atoms with E-state index in [0.29, 0.717) is 17.2 Å². The number of nitrogens with one attached hydrogen (secondary N) is 1. The third-order valence-corrected chi connectivity index (χ3v) is 2.95. The zero-order valence-corrected chi connectivity index (χ0v) is 11.2. The van der Waals surface area contributed by atoms with Gasteiger partial charge in [-0.05, 0) is 23.8 Å². The van der Waals surface area contributed by atoms with Gasteiger partial charge in [-0.1, -0.05) is 12.1 Å². The molecule has 1 heterocycles. The second-order valence-corrected chi connectivity index (χ2v) is 4.39. The summed E-state index contributed by atoms with van der Waals surface area (Å²) in [5.41, 5.74) is 6.58. The summed E-state index contributed by atoms with van der Waals surface area (Å²) in [7, 11) is 0. The molecule has 0 bridgehead atoms. The molecule has 0 fully saturated rings. The Morgan fingerprint density at radius 2 is 2.05 bits per heavy atom. The van der Waals surface area contributed by atoms with Gasteiger partial charge in [0.15, 0.2) is 0 Å². The van der Waals surface area contributed by atoms with Crippen LogP contribution in [0.4, 0.5) is 10.3 Å². The van der Waals surface area contributed by atoms with Crippen LogP contribution in [0.3, 0.4) is 0 Å². The molecule has 110 valence electrons. The van der Waals surface area contributed by atoms with E-state index in [1.165, 1.54) is 18.3 Å². The van der Waals surface area contributed by atoms with Gasteiger partial charge in [0.2, 0.25) is 5.95 Å². The van der Waals surface area contributed by atoms with Crippen molar-refractivity contribution < 1.29 is 14.3 Å². The highest BCUT2D eigenvalue weighted by Gasteiger charge is 2.20. The molecule has 21 heavy (non-hydrogen) atoms. The van der Waals surface area contributed by atoms with Crippen molar-refractivity contribution in [3.63, 3.8) is 0 Å². The van der Waals surface area contributed by atoms with E-state index in [1.807, 2.05) is 0 Å². The highest BCUT2D eigenvalue weighted by molar-refractivity contribution is 5.69. The van der Waals surface area contributed by atoms with Gasteiger partial charge in [-0.25, -0.2) is 14.4 Å². The third-order valence-electron chi connectivity index (χ3n) is 2.95. The minimum Gasteiger partial charge on any atom is -0.481 e. The van der Waals surface area contributed by atoms with Gasteiger partial charge < -0.3 is 16.2 Å². The first kappa shape index (κ1) is 14.9. The number of benzene rings is 1. The maximum atomic E-state index is 13.0. The van der Waals surface area contributed by atoms with Gasteiger partial charge >= 0.3 is 5.97 Å². The van der Waals surface area contributed by atoms with Gasteiger partial charge in [0.25, 0.3) is 0 Å². The number of halogens is 1. The molecule has 0 spiro atoms. The average molecular weight is 290 g/mol. The molecule has 1 atom stereocenters. The molecule has 0 radical (unpaired) electrons. The summed E-state index contributed by atoms with van der Waals surface area (Å²) in [6, 6.07) is 7.34. The minimum absolute atomic E-state index is 0.148. The molecule has 0 aliphatic heterocycles. The first-order valence-corrected chi connectivity index (χ1v) is 6.34. The van der Waals surface area contributed by atoms with Crippen LogP contribution in [0.2, 0.25) is 0 Å². The smallest absolute Gasteiger partial charge is 0.304 e. The molecule has 2 rings (SSSR count). The number of aromatic nitrogens is 2. The van der Waals surface area contributed by atoms with Crippen molar-refractivity contribution in [1.82, 2.24) is 9.97 Å². The van der Waals surface area contributed by atoms with Crippen molar-refractivity contribution in [1.29, 1.82) is 0 Å². The Bertz CT molecular complexity index is 619. The fraction of sp³-hybridized carbons (Fsp3) is 0.214. The zero-order chi connectivity index (χ0) is 15.2. The Morgan fingerprint density at radius 3 is 2.67 bits per heavy atom. The Morgan fingerprint density at radius 1 is 1.33 bits per heavy atom. The minimum atomic E-state index is -0.962. The SMILES string of the molecule is NCNc1nccc(C(CC(=O)O)c2ccc(F)cc2)n1. The summed E-state index contributed by atoms with van der Waals surface area (Å²) in [5.74, 6) is -1.49. The number of rotatable bonds is 6. The highest BCUT2D eigenvalue weighted by atomic mass is 19.1. The molecule has 1 aromatic heterocycles. The van der Waals surface area contributed by atoms with Crippen molar-refractivity contribution in [3.8, 4) is 0 Å². The van der Waals surface area contributed by atoms with Crippen molar-refractivity contribution in [3.05, 3.63) is 53.6 Å². The Kier molecular flexibility index (Phi) is 4.78. The van der Waals surface area contributed by atoms with Crippen LogP contribution in [0, 0.1) is 5.82 Å². The molecule has 1 unspecified atom stereocenters. The van der Waals surface area contributed by atoms with Crippen molar-refractivity contribution in [2.24, 2.45) is 5.73 Å². The number of aliphatic carboxylic acids is 1. The molecule has 4 N–H and O–H groups in total. The number of anilines is 1. The van der Waals surface area contributed by atoms with E-state index >= 15 is 0 Å². The van der Waals surface area contributed by atoms with Crippen LogP contribution < -0.4 is 11.1 Å². The standard InChI is InChI=1S/C14H15FN4O2/c15-10-3-1-9(2-4-10)11(7-13(20)21)12-5-6-17-14(19-12)18-8-16/h1-6,11H,7-8,16H2,(H,20,21)(H,17,18,19). The predicted molar refractivity (Wildman–Crippen MR) is 75.2 cm³/mol. The molecule has 6 nitrogen and oxygen atoms in total. The van der Waals surface area contributed by atoms with Crippen LogP contribution >= 0.6 is 0 Å². The van der Waals surface area contributed by atoms with Gasteiger partial charge in [0.05, 0.1) is 18.8 Å². The summed E-state index contributed by atoms with van der Waals surface area (Å²) < 4.78 is 13.0. The van der Waals surface area contributed by atoms with E-state index in [0.717, 1.165) is 0 Å². The Balaban J connectivity index is 2.37. The molecule has 0 saturated heterocycles. The fourth-order valence-corrected chi connectivity index (χ4v) is 2.01. The fourth-order valence-electron chi connectivity index (χ4n) is 2.01. The van der Waals surface area contributed by atoms with E-state index in [2.05, 4.69) is 15.3 Å². The quantitative estimate of drug-likeness (QED) is 0.698. The molecule has 0 amide bonds. The first-order valence-electron chi connectivity index (χ1n) is 6.34. The van der Waals surface area contributed by atoms with Crippen LogP contribution in [0.1, 0.15) is 23.6 Å². The molecular formula is C14H15FN4O2. The largest absolute Gasteiger partial charge is 0.481 e. The Labute approximate surface area is 120 Å². The number of carboxylic acid groups (broad SMARTS) is 1. The molecule has 2 aromatic rings. The lowest BCUT2D eigenvalue weighted by atomic mass is 9.92. The van der Waals surface area contributed by atoms with Crippen LogP contribution in [0.25, 0.3) is 0 Å². The lowest BCUT2D eigenvalue weighted by Crippen LogP contribution is -2.15. The number of carbonyl (C=O) groups is 1. The molecule has 0 saturated carbocycles. The summed E-state index contributed by atoms with van der Waals surface area (Å²) in [4.78, 5) is 19.3. The summed E-state index contributed by atoms with van der Waals surface area (Å²) in [6.07, 6.45) is 1.38. The molecule has 7 heteroatoms. The van der Waals surface area contributed by atoms with E-state index in [4.69, 9.17) is 10.8 Å². The number of hydrogen-bond donors (Lipinski definition) is 3. The number of nitrogens with zero attached hydrogens (tertiary/aromatic N) is 2. The van der Waals surface area contributed by atoms with Gasteiger partial charge in [-0.2, -0.15) is 0 Å². The molecule has 0 aliphatic carbocycles. The van der Waals surface area contributed by atoms with E-state index in [9.17, 15) is 9.18 Å². The van der Waals surface area contributed by atoms with Crippen molar-refractivity contribution in [2.75, 3.05) is 12.0 Å². The lowest BCUT2D eigenvalue weighted by Gasteiger charge is -2.15. The average Bonchev–Trinajstić information content (AvgIpc) is 2.46. The number of carboxylic acids is 1.